The molecule has 0 spiro atoms. The number of aliphatic hydroxyl groups is 1. The van der Waals surface area contributed by atoms with Gasteiger partial charge in [0.1, 0.15) is 5.82 Å². The number of amides is 1. The van der Waals surface area contributed by atoms with Crippen LogP contribution in [0.4, 0.5) is 10.1 Å². The molecule has 0 saturated heterocycles. The third-order valence-electron chi connectivity index (χ3n) is 2.64. The van der Waals surface area contributed by atoms with E-state index in [-0.39, 0.29) is 12.5 Å². The normalized spacial score (nSPS) is 10.3. The van der Waals surface area contributed by atoms with Crippen molar-refractivity contribution in [3.8, 4) is 0 Å². The Labute approximate surface area is 120 Å². The first-order chi connectivity index (χ1) is 9.60. The third kappa shape index (κ3) is 3.59. The Balaban J connectivity index is 2.18. The molecule has 0 radical (unpaired) electrons. The Morgan fingerprint density at radius 3 is 2.55 bits per heavy atom. The molecule has 20 heavy (non-hydrogen) atoms. The van der Waals surface area contributed by atoms with E-state index in [1.54, 1.807) is 24.3 Å². The van der Waals surface area contributed by atoms with Crippen LogP contribution >= 0.6 is 11.8 Å². The zero-order valence-corrected chi connectivity index (χ0v) is 11.7. The van der Waals surface area contributed by atoms with E-state index in [4.69, 9.17) is 0 Å². The molecule has 0 aliphatic rings. The van der Waals surface area contributed by atoms with Crippen molar-refractivity contribution in [3.05, 3.63) is 53.8 Å². The van der Waals surface area contributed by atoms with Gasteiger partial charge in [-0.2, -0.15) is 0 Å². The number of aliphatic hydroxyl groups excluding tert-OH is 1. The van der Waals surface area contributed by atoms with Crippen LogP contribution in [0.15, 0.2) is 52.3 Å². The molecule has 0 unspecified atom stereocenters. The lowest BCUT2D eigenvalue weighted by atomic mass is 10.2. The summed E-state index contributed by atoms with van der Waals surface area (Å²) in [6.45, 7) is 1.11. The smallest absolute Gasteiger partial charge is 0.221 e. The molecule has 0 aromatic heterocycles. The summed E-state index contributed by atoms with van der Waals surface area (Å²) in [6.07, 6.45) is 0. The van der Waals surface area contributed by atoms with Crippen LogP contribution in [0.5, 0.6) is 0 Å². The van der Waals surface area contributed by atoms with E-state index in [1.807, 2.05) is 12.1 Å². The summed E-state index contributed by atoms with van der Waals surface area (Å²) in [6, 6.07) is 11.9. The maximum absolute atomic E-state index is 13.5. The number of nitrogens with one attached hydrogen (secondary N) is 1. The van der Waals surface area contributed by atoms with Crippen molar-refractivity contribution in [3.63, 3.8) is 0 Å². The predicted molar refractivity (Wildman–Crippen MR) is 77.2 cm³/mol. The molecule has 2 N–H and O–H groups in total. The van der Waals surface area contributed by atoms with Crippen molar-refractivity contribution >= 4 is 23.4 Å². The second-order valence-corrected chi connectivity index (χ2v) is 5.30. The highest BCUT2D eigenvalue weighted by Gasteiger charge is 2.08. The average molecular weight is 291 g/mol. The lowest BCUT2D eigenvalue weighted by Gasteiger charge is -2.08. The van der Waals surface area contributed by atoms with Crippen LogP contribution in [0.1, 0.15) is 12.5 Å². The summed E-state index contributed by atoms with van der Waals surface area (Å²) in [5.74, 6) is -0.537. The summed E-state index contributed by atoms with van der Waals surface area (Å²) in [5.41, 5.74) is 1.01. The summed E-state index contributed by atoms with van der Waals surface area (Å²) in [7, 11) is 0. The van der Waals surface area contributed by atoms with Crippen molar-refractivity contribution in [2.75, 3.05) is 5.32 Å². The Hall–Kier alpha value is -1.85. The first-order valence-electron chi connectivity index (χ1n) is 6.04. The fourth-order valence-electron chi connectivity index (χ4n) is 1.72. The van der Waals surface area contributed by atoms with E-state index in [1.165, 1.54) is 24.8 Å². The van der Waals surface area contributed by atoms with Gasteiger partial charge in [-0.1, -0.05) is 17.8 Å². The maximum Gasteiger partial charge on any atom is 0.221 e. The number of carbonyl (C=O) groups is 1. The van der Waals surface area contributed by atoms with Gasteiger partial charge in [-0.05, 0) is 36.4 Å². The molecule has 104 valence electrons. The van der Waals surface area contributed by atoms with E-state index < -0.39 is 5.82 Å². The van der Waals surface area contributed by atoms with Crippen molar-refractivity contribution in [1.29, 1.82) is 0 Å². The van der Waals surface area contributed by atoms with Gasteiger partial charge in [0.15, 0.2) is 0 Å². The topological polar surface area (TPSA) is 49.3 Å². The van der Waals surface area contributed by atoms with Crippen LogP contribution < -0.4 is 5.32 Å². The minimum Gasteiger partial charge on any atom is -0.392 e. The number of rotatable bonds is 4. The number of hydrogen-bond acceptors (Lipinski definition) is 3. The van der Waals surface area contributed by atoms with Crippen LogP contribution in [0, 0.1) is 5.82 Å². The van der Waals surface area contributed by atoms with Crippen molar-refractivity contribution < 1.29 is 14.3 Å². The fraction of sp³-hybridized carbons (Fsp3) is 0.133. The minimum atomic E-state index is -0.410. The lowest BCUT2D eigenvalue weighted by Crippen LogP contribution is -2.05. The minimum absolute atomic E-state index is 0.127. The molecule has 0 fully saturated rings. The highest BCUT2D eigenvalue weighted by Crippen LogP contribution is 2.32. The van der Waals surface area contributed by atoms with Gasteiger partial charge < -0.3 is 10.4 Å². The molecule has 2 aromatic carbocycles. The summed E-state index contributed by atoms with van der Waals surface area (Å²) in [5, 5.41) is 11.9. The zero-order chi connectivity index (χ0) is 14.5. The molecular formula is C15H14FNO2S. The molecule has 2 rings (SSSR count). The van der Waals surface area contributed by atoms with Gasteiger partial charge in [-0.15, -0.1) is 0 Å². The first kappa shape index (κ1) is 14.6. The molecule has 5 heteroatoms. The molecule has 0 saturated carbocycles. The second kappa shape index (κ2) is 6.54. The number of halogens is 1. The third-order valence-corrected chi connectivity index (χ3v) is 3.75. The van der Waals surface area contributed by atoms with Gasteiger partial charge in [0, 0.05) is 28.0 Å². The number of anilines is 1. The Kier molecular flexibility index (Phi) is 4.76. The first-order valence-corrected chi connectivity index (χ1v) is 6.85. The van der Waals surface area contributed by atoms with E-state index in [0.717, 1.165) is 4.90 Å². The van der Waals surface area contributed by atoms with E-state index in [0.29, 0.717) is 16.1 Å². The standard InChI is InChI=1S/C15H14FNO2S/c1-10(19)17-11-5-7-12(8-6-11)20-15-4-2-3-14(16)13(15)9-18/h2-8,18H,9H2,1H3,(H,17,19). The molecular weight excluding hydrogens is 277 g/mol. The predicted octanol–water partition coefficient (Wildman–Crippen LogP) is 3.43. The van der Waals surface area contributed by atoms with Gasteiger partial charge in [-0.25, -0.2) is 4.39 Å². The highest BCUT2D eigenvalue weighted by atomic mass is 32.2. The van der Waals surface area contributed by atoms with Gasteiger partial charge in [-0.3, -0.25) is 4.79 Å². The number of hydrogen-bond donors (Lipinski definition) is 2. The van der Waals surface area contributed by atoms with Crippen molar-refractivity contribution in [2.45, 2.75) is 23.3 Å². The molecule has 1 amide bonds. The molecule has 0 atom stereocenters. The molecule has 0 aliphatic carbocycles. The van der Waals surface area contributed by atoms with E-state index in [2.05, 4.69) is 5.32 Å². The largest absolute Gasteiger partial charge is 0.392 e. The maximum atomic E-state index is 13.5. The molecule has 0 heterocycles. The molecule has 2 aromatic rings. The van der Waals surface area contributed by atoms with Crippen LogP contribution in [-0.4, -0.2) is 11.0 Å². The Morgan fingerprint density at radius 2 is 1.95 bits per heavy atom. The zero-order valence-electron chi connectivity index (χ0n) is 10.9. The quantitative estimate of drug-likeness (QED) is 0.907. The van der Waals surface area contributed by atoms with Gasteiger partial charge >= 0.3 is 0 Å². The van der Waals surface area contributed by atoms with Crippen LogP contribution in [0.25, 0.3) is 0 Å². The number of benzene rings is 2. The lowest BCUT2D eigenvalue weighted by molar-refractivity contribution is -0.114. The van der Waals surface area contributed by atoms with Gasteiger partial charge in [0.2, 0.25) is 5.91 Å². The van der Waals surface area contributed by atoms with Crippen LogP contribution in [0.3, 0.4) is 0 Å². The monoisotopic (exact) mass is 291 g/mol. The van der Waals surface area contributed by atoms with Crippen molar-refractivity contribution in [1.82, 2.24) is 0 Å². The van der Waals surface area contributed by atoms with Gasteiger partial charge in [0.25, 0.3) is 0 Å². The van der Waals surface area contributed by atoms with E-state index in [9.17, 15) is 14.3 Å². The second-order valence-electron chi connectivity index (χ2n) is 4.18. The van der Waals surface area contributed by atoms with Crippen molar-refractivity contribution in [2.24, 2.45) is 0 Å². The van der Waals surface area contributed by atoms with Crippen LogP contribution in [0.2, 0.25) is 0 Å². The fourth-order valence-corrected chi connectivity index (χ4v) is 2.68. The average Bonchev–Trinajstić information content (AvgIpc) is 2.41. The Bertz CT molecular complexity index is 614. The summed E-state index contributed by atoms with van der Waals surface area (Å²) < 4.78 is 13.5. The highest BCUT2D eigenvalue weighted by molar-refractivity contribution is 7.99. The summed E-state index contributed by atoms with van der Waals surface area (Å²) >= 11 is 1.37. The van der Waals surface area contributed by atoms with Gasteiger partial charge in [0.05, 0.1) is 6.61 Å². The molecule has 0 bridgehead atoms. The number of carbonyl (C=O) groups excluding carboxylic acids is 1. The van der Waals surface area contributed by atoms with Crippen LogP contribution in [-0.2, 0) is 11.4 Å². The SMILES string of the molecule is CC(=O)Nc1ccc(Sc2cccc(F)c2CO)cc1. The summed E-state index contributed by atoms with van der Waals surface area (Å²) in [4.78, 5) is 12.5. The molecule has 0 aliphatic heterocycles. The molecule has 3 nitrogen and oxygen atoms in total. The Morgan fingerprint density at radius 1 is 1.25 bits per heavy atom. The van der Waals surface area contributed by atoms with E-state index >= 15 is 0 Å².